The summed E-state index contributed by atoms with van der Waals surface area (Å²) in [5.74, 6) is 1.14. The molecule has 0 aliphatic rings. The second kappa shape index (κ2) is 5.86. The molecule has 2 N–H and O–H groups in total. The van der Waals surface area contributed by atoms with E-state index in [0.717, 1.165) is 11.3 Å². The molecule has 0 saturated heterocycles. The van der Waals surface area contributed by atoms with Crippen LogP contribution in [0.15, 0.2) is 36.7 Å². The molecule has 0 aliphatic heterocycles. The molecule has 0 saturated carbocycles. The Kier molecular flexibility index (Phi) is 3.96. The highest BCUT2D eigenvalue weighted by Crippen LogP contribution is 2.16. The van der Waals surface area contributed by atoms with Crippen LogP contribution < -0.4 is 10.1 Å². The number of benzene rings is 1. The molecule has 2 rings (SSSR count). The van der Waals surface area contributed by atoms with Gasteiger partial charge in [0.25, 0.3) is 0 Å². The van der Waals surface area contributed by atoms with Crippen molar-refractivity contribution in [1.29, 1.82) is 0 Å². The first-order chi connectivity index (χ1) is 8.75. The normalized spacial score (nSPS) is 10.1. The lowest BCUT2D eigenvalue weighted by Gasteiger charge is -2.08. The predicted octanol–water partition coefficient (Wildman–Crippen LogP) is 2.13. The molecule has 1 amide bonds. The summed E-state index contributed by atoms with van der Waals surface area (Å²) < 4.78 is 5.54. The number of amides is 1. The van der Waals surface area contributed by atoms with Crippen molar-refractivity contribution in [3.05, 3.63) is 42.2 Å². The van der Waals surface area contributed by atoms with Crippen molar-refractivity contribution >= 4 is 11.9 Å². The summed E-state index contributed by atoms with van der Waals surface area (Å²) >= 11 is 0. The Hall–Kier alpha value is -2.30. The molecule has 1 heterocycles. The standard InChI is InChI=1S/C13H15N3O2/c1-10-4-2-3-5-11(10)18-9-6-12(17)16-13-14-7-8-15-13/h2-5,7-8H,6,9H2,1H3,(H2,14,15,16,17). The number of anilines is 1. The number of nitrogens with zero attached hydrogens (tertiary/aromatic N) is 1. The van der Waals surface area contributed by atoms with Crippen molar-refractivity contribution in [1.82, 2.24) is 9.97 Å². The van der Waals surface area contributed by atoms with E-state index in [2.05, 4.69) is 15.3 Å². The van der Waals surface area contributed by atoms with Gasteiger partial charge in [-0.05, 0) is 18.6 Å². The van der Waals surface area contributed by atoms with Crippen molar-refractivity contribution < 1.29 is 9.53 Å². The number of aryl methyl sites for hydroxylation is 1. The summed E-state index contributed by atoms with van der Waals surface area (Å²) in [5.41, 5.74) is 1.06. The largest absolute Gasteiger partial charge is 0.493 e. The number of carbonyl (C=O) groups is 1. The van der Waals surface area contributed by atoms with Gasteiger partial charge in [-0.15, -0.1) is 0 Å². The summed E-state index contributed by atoms with van der Waals surface area (Å²) in [4.78, 5) is 18.2. The zero-order valence-corrected chi connectivity index (χ0v) is 10.1. The second-order valence-corrected chi connectivity index (χ2v) is 3.85. The zero-order valence-electron chi connectivity index (χ0n) is 10.1. The summed E-state index contributed by atoms with van der Waals surface area (Å²) in [6.07, 6.45) is 3.52. The fraction of sp³-hybridized carbons (Fsp3) is 0.231. The van der Waals surface area contributed by atoms with Crippen LogP contribution in [0.25, 0.3) is 0 Å². The number of ether oxygens (including phenoxy) is 1. The van der Waals surface area contributed by atoms with E-state index in [-0.39, 0.29) is 12.3 Å². The van der Waals surface area contributed by atoms with E-state index in [1.807, 2.05) is 31.2 Å². The fourth-order valence-corrected chi connectivity index (χ4v) is 1.50. The molecular formula is C13H15N3O2. The van der Waals surface area contributed by atoms with E-state index < -0.39 is 0 Å². The minimum Gasteiger partial charge on any atom is -0.493 e. The smallest absolute Gasteiger partial charge is 0.230 e. The number of H-pyrrole nitrogens is 1. The second-order valence-electron chi connectivity index (χ2n) is 3.85. The Morgan fingerprint density at radius 3 is 3.00 bits per heavy atom. The maximum absolute atomic E-state index is 11.5. The van der Waals surface area contributed by atoms with Crippen LogP contribution >= 0.6 is 0 Å². The summed E-state index contributed by atoms with van der Waals surface area (Å²) in [6, 6.07) is 7.72. The van der Waals surface area contributed by atoms with Crippen LogP contribution in [-0.2, 0) is 4.79 Å². The fourth-order valence-electron chi connectivity index (χ4n) is 1.50. The lowest BCUT2D eigenvalue weighted by molar-refractivity contribution is -0.116. The molecule has 18 heavy (non-hydrogen) atoms. The number of hydrogen-bond donors (Lipinski definition) is 2. The lowest BCUT2D eigenvalue weighted by atomic mass is 10.2. The maximum atomic E-state index is 11.5. The van der Waals surface area contributed by atoms with E-state index in [4.69, 9.17) is 4.74 Å². The number of nitrogens with one attached hydrogen (secondary N) is 2. The minimum absolute atomic E-state index is 0.126. The number of para-hydroxylation sites is 1. The summed E-state index contributed by atoms with van der Waals surface area (Å²) in [6.45, 7) is 2.32. The Morgan fingerprint density at radius 2 is 2.28 bits per heavy atom. The van der Waals surface area contributed by atoms with Crippen LogP contribution in [0.4, 0.5) is 5.95 Å². The average Bonchev–Trinajstić information content (AvgIpc) is 2.84. The number of rotatable bonds is 5. The number of hydrogen-bond acceptors (Lipinski definition) is 3. The van der Waals surface area contributed by atoms with Crippen molar-refractivity contribution in [3.63, 3.8) is 0 Å². The molecule has 2 aromatic rings. The first kappa shape index (κ1) is 12.2. The molecule has 0 fully saturated rings. The van der Waals surface area contributed by atoms with Crippen LogP contribution in [-0.4, -0.2) is 22.5 Å². The van der Waals surface area contributed by atoms with Gasteiger partial charge in [-0.3, -0.25) is 10.1 Å². The molecule has 0 radical (unpaired) electrons. The van der Waals surface area contributed by atoms with Gasteiger partial charge in [-0.1, -0.05) is 18.2 Å². The van der Waals surface area contributed by atoms with Crippen LogP contribution in [0.5, 0.6) is 5.75 Å². The van der Waals surface area contributed by atoms with E-state index in [1.165, 1.54) is 0 Å². The molecule has 1 aromatic carbocycles. The zero-order chi connectivity index (χ0) is 12.8. The quantitative estimate of drug-likeness (QED) is 0.848. The van der Waals surface area contributed by atoms with Gasteiger partial charge >= 0.3 is 0 Å². The van der Waals surface area contributed by atoms with Gasteiger partial charge in [0.2, 0.25) is 11.9 Å². The Labute approximate surface area is 105 Å². The molecule has 94 valence electrons. The Balaban J connectivity index is 1.75. The van der Waals surface area contributed by atoms with Gasteiger partial charge in [-0.25, -0.2) is 4.98 Å². The van der Waals surface area contributed by atoms with Gasteiger partial charge in [0, 0.05) is 12.4 Å². The van der Waals surface area contributed by atoms with Crippen LogP contribution in [0.1, 0.15) is 12.0 Å². The molecule has 0 bridgehead atoms. The van der Waals surface area contributed by atoms with Gasteiger partial charge in [0.1, 0.15) is 5.75 Å². The summed E-state index contributed by atoms with van der Waals surface area (Å²) in [5, 5.41) is 2.64. The molecule has 0 spiro atoms. The molecule has 0 aliphatic carbocycles. The number of carbonyl (C=O) groups excluding carboxylic acids is 1. The third-order valence-electron chi connectivity index (χ3n) is 2.44. The molecule has 0 unspecified atom stereocenters. The van der Waals surface area contributed by atoms with Gasteiger partial charge in [0.05, 0.1) is 13.0 Å². The maximum Gasteiger partial charge on any atom is 0.230 e. The monoisotopic (exact) mass is 245 g/mol. The van der Waals surface area contributed by atoms with Crippen molar-refractivity contribution in [2.75, 3.05) is 11.9 Å². The van der Waals surface area contributed by atoms with Crippen molar-refractivity contribution in [3.8, 4) is 5.75 Å². The molecule has 0 atom stereocenters. The lowest BCUT2D eigenvalue weighted by Crippen LogP contribution is -2.16. The average molecular weight is 245 g/mol. The number of imidazole rings is 1. The molecule has 5 nitrogen and oxygen atoms in total. The van der Waals surface area contributed by atoms with Crippen LogP contribution in [0.2, 0.25) is 0 Å². The van der Waals surface area contributed by atoms with Crippen molar-refractivity contribution in [2.45, 2.75) is 13.3 Å². The predicted molar refractivity (Wildman–Crippen MR) is 68.5 cm³/mol. The van der Waals surface area contributed by atoms with E-state index in [1.54, 1.807) is 12.4 Å². The Bertz CT molecular complexity index is 509. The van der Waals surface area contributed by atoms with E-state index >= 15 is 0 Å². The minimum atomic E-state index is -0.126. The van der Waals surface area contributed by atoms with Gasteiger partial charge in [-0.2, -0.15) is 0 Å². The van der Waals surface area contributed by atoms with E-state index in [0.29, 0.717) is 12.6 Å². The molecule has 1 aromatic heterocycles. The van der Waals surface area contributed by atoms with Crippen LogP contribution in [0.3, 0.4) is 0 Å². The highest BCUT2D eigenvalue weighted by atomic mass is 16.5. The number of aromatic amines is 1. The highest BCUT2D eigenvalue weighted by molar-refractivity contribution is 5.88. The highest BCUT2D eigenvalue weighted by Gasteiger charge is 2.04. The van der Waals surface area contributed by atoms with Gasteiger partial charge in [0.15, 0.2) is 0 Å². The third-order valence-corrected chi connectivity index (χ3v) is 2.44. The first-order valence-corrected chi connectivity index (χ1v) is 5.73. The van der Waals surface area contributed by atoms with Gasteiger partial charge < -0.3 is 9.72 Å². The Morgan fingerprint density at radius 1 is 1.44 bits per heavy atom. The third kappa shape index (κ3) is 3.35. The van der Waals surface area contributed by atoms with Crippen LogP contribution in [0, 0.1) is 6.92 Å². The topological polar surface area (TPSA) is 67.0 Å². The molecule has 5 heteroatoms. The summed E-state index contributed by atoms with van der Waals surface area (Å²) in [7, 11) is 0. The SMILES string of the molecule is Cc1ccccc1OCCC(=O)Nc1ncc[nH]1. The first-order valence-electron chi connectivity index (χ1n) is 5.73. The number of aromatic nitrogens is 2. The molecular weight excluding hydrogens is 230 g/mol. The van der Waals surface area contributed by atoms with E-state index in [9.17, 15) is 4.79 Å². The van der Waals surface area contributed by atoms with Crippen molar-refractivity contribution in [2.24, 2.45) is 0 Å².